The molecule has 7 nitrogen and oxygen atoms in total. The van der Waals surface area contributed by atoms with Gasteiger partial charge in [0.05, 0.1) is 11.9 Å². The van der Waals surface area contributed by atoms with Crippen LogP contribution in [0.3, 0.4) is 0 Å². The van der Waals surface area contributed by atoms with E-state index in [2.05, 4.69) is 31.5 Å². The lowest BCUT2D eigenvalue weighted by Gasteiger charge is -2.37. The third-order valence-corrected chi connectivity index (χ3v) is 7.62. The van der Waals surface area contributed by atoms with E-state index in [-0.39, 0.29) is 23.7 Å². The topological polar surface area (TPSA) is 69.5 Å². The van der Waals surface area contributed by atoms with Crippen molar-refractivity contribution in [3.8, 4) is 11.5 Å². The Balaban J connectivity index is 1.76. The highest BCUT2D eigenvalue weighted by molar-refractivity contribution is 6.76. The summed E-state index contributed by atoms with van der Waals surface area (Å²) in [6, 6.07) is 4.13. The molecule has 188 valence electrons. The lowest BCUT2D eigenvalue weighted by Crippen LogP contribution is -2.44. The smallest absolute Gasteiger partial charge is 0.410 e. The Hall–Kier alpha value is -2.26. The summed E-state index contributed by atoms with van der Waals surface area (Å²) in [5, 5.41) is 0. The maximum atomic E-state index is 13.5. The molecule has 1 saturated heterocycles. The fourth-order valence-corrected chi connectivity index (χ4v) is 4.80. The predicted octanol–water partition coefficient (Wildman–Crippen LogP) is 5.76. The normalized spacial score (nSPS) is 19.4. The summed E-state index contributed by atoms with van der Waals surface area (Å²) < 4.78 is 27.0. The number of nitrogens with zero attached hydrogens (tertiary/aromatic N) is 4. The van der Waals surface area contributed by atoms with E-state index < -0.39 is 13.7 Å². The molecule has 9 heteroatoms. The van der Waals surface area contributed by atoms with E-state index in [0.717, 1.165) is 18.2 Å². The van der Waals surface area contributed by atoms with E-state index in [1.165, 1.54) is 12.3 Å². The van der Waals surface area contributed by atoms with Crippen LogP contribution >= 0.6 is 0 Å². The zero-order chi connectivity index (χ0) is 25.1. The average Bonchev–Trinajstić information content (AvgIpc) is 3.13. The van der Waals surface area contributed by atoms with Crippen molar-refractivity contribution in [2.24, 2.45) is 5.92 Å². The van der Waals surface area contributed by atoms with Crippen LogP contribution in [0.25, 0.3) is 11.5 Å². The van der Waals surface area contributed by atoms with E-state index >= 15 is 0 Å². The maximum Gasteiger partial charge on any atom is 0.410 e. The molecule has 2 unspecified atom stereocenters. The molecule has 0 saturated carbocycles. The Morgan fingerprint density at radius 3 is 2.59 bits per heavy atom. The number of piperidine rings is 1. The van der Waals surface area contributed by atoms with Gasteiger partial charge in [0.2, 0.25) is 0 Å². The first-order valence-electron chi connectivity index (χ1n) is 12.1. The van der Waals surface area contributed by atoms with Gasteiger partial charge in [0.1, 0.15) is 23.8 Å². The molecule has 2 aromatic rings. The molecule has 0 aromatic carbocycles. The molecule has 2 aromatic heterocycles. The molecule has 34 heavy (non-hydrogen) atoms. The van der Waals surface area contributed by atoms with Gasteiger partial charge >= 0.3 is 6.09 Å². The van der Waals surface area contributed by atoms with Crippen molar-refractivity contribution in [3.05, 3.63) is 36.0 Å². The molecule has 0 N–H and O–H groups in total. The lowest BCUT2D eigenvalue weighted by molar-refractivity contribution is 0.0154. The van der Waals surface area contributed by atoms with Gasteiger partial charge in [-0.15, -0.1) is 0 Å². The molecule has 0 radical (unpaired) electrons. The number of hydrogen-bond donors (Lipinski definition) is 0. The van der Waals surface area contributed by atoms with Crippen molar-refractivity contribution >= 4 is 14.2 Å². The molecular weight excluding hydrogens is 451 g/mol. The Labute approximate surface area is 203 Å². The molecule has 1 amide bonds. The second-order valence-electron chi connectivity index (χ2n) is 11.5. The quantitative estimate of drug-likeness (QED) is 0.365. The molecule has 1 fully saturated rings. The minimum atomic E-state index is -1.19. The van der Waals surface area contributed by atoms with Crippen LogP contribution < -0.4 is 0 Å². The Morgan fingerprint density at radius 2 is 2.00 bits per heavy atom. The number of imidazole rings is 1. The summed E-state index contributed by atoms with van der Waals surface area (Å²) in [6.45, 7) is 17.1. The number of likely N-dealkylation sites (tertiary alicyclic amines) is 1. The van der Waals surface area contributed by atoms with Gasteiger partial charge in [-0.2, -0.15) is 0 Å². The van der Waals surface area contributed by atoms with Crippen molar-refractivity contribution < 1.29 is 18.7 Å². The summed E-state index contributed by atoms with van der Waals surface area (Å²) in [6.07, 6.45) is 3.76. The molecule has 3 heterocycles. The third-order valence-electron chi connectivity index (χ3n) is 5.92. The Morgan fingerprint density at radius 1 is 1.26 bits per heavy atom. The van der Waals surface area contributed by atoms with Gasteiger partial charge in [-0.25, -0.2) is 19.2 Å². The summed E-state index contributed by atoms with van der Waals surface area (Å²) in [5.74, 6) is 0.703. The largest absolute Gasteiger partial charge is 0.444 e. The molecule has 0 aliphatic carbocycles. The van der Waals surface area contributed by atoms with Crippen molar-refractivity contribution in [1.29, 1.82) is 0 Å². The van der Waals surface area contributed by atoms with E-state index in [9.17, 15) is 9.18 Å². The van der Waals surface area contributed by atoms with Gasteiger partial charge < -0.3 is 18.9 Å². The zero-order valence-corrected chi connectivity index (χ0v) is 22.6. The molecule has 2 atom stereocenters. The second kappa shape index (κ2) is 10.6. The summed E-state index contributed by atoms with van der Waals surface area (Å²) in [7, 11) is -1.19. The van der Waals surface area contributed by atoms with Gasteiger partial charge in [-0.3, -0.25) is 0 Å². The molecule has 3 rings (SSSR count). The second-order valence-corrected chi connectivity index (χ2v) is 17.1. The van der Waals surface area contributed by atoms with Crippen molar-refractivity contribution in [3.63, 3.8) is 0 Å². The standard InChI is InChI=1S/C25H39FN4O3Si/c1-18-15-29(24(31)33-25(2,3)4)11-10-20(18)22-16-30(17-32-12-13-34(5,6)7)23(28-22)21-9-8-19(26)14-27-21/h8-9,14,16,18,20H,10-13,15,17H2,1-7H3. The monoisotopic (exact) mass is 490 g/mol. The number of rotatable bonds is 7. The van der Waals surface area contributed by atoms with Gasteiger partial charge in [0.15, 0.2) is 5.82 Å². The lowest BCUT2D eigenvalue weighted by atomic mass is 9.85. The molecule has 0 spiro atoms. The highest BCUT2D eigenvalue weighted by Gasteiger charge is 2.33. The number of hydrogen-bond acceptors (Lipinski definition) is 5. The molecule has 1 aliphatic heterocycles. The fraction of sp³-hybridized carbons (Fsp3) is 0.640. The average molecular weight is 491 g/mol. The number of pyridine rings is 1. The Kier molecular flexibility index (Phi) is 8.18. The summed E-state index contributed by atoms with van der Waals surface area (Å²) in [4.78, 5) is 23.5. The van der Waals surface area contributed by atoms with Crippen LogP contribution in [0.15, 0.2) is 24.5 Å². The van der Waals surface area contributed by atoms with E-state index in [4.69, 9.17) is 14.5 Å². The zero-order valence-electron chi connectivity index (χ0n) is 21.6. The number of ether oxygens (including phenoxy) is 2. The van der Waals surface area contributed by atoms with Crippen LogP contribution in [0.4, 0.5) is 9.18 Å². The van der Waals surface area contributed by atoms with Gasteiger partial charge in [0.25, 0.3) is 0 Å². The summed E-state index contributed by atoms with van der Waals surface area (Å²) in [5.41, 5.74) is 1.05. The minimum absolute atomic E-state index is 0.195. The third kappa shape index (κ3) is 7.37. The first kappa shape index (κ1) is 26.3. The minimum Gasteiger partial charge on any atom is -0.444 e. The first-order chi connectivity index (χ1) is 15.8. The fourth-order valence-electron chi connectivity index (χ4n) is 4.04. The highest BCUT2D eigenvalue weighted by Crippen LogP contribution is 2.34. The van der Waals surface area contributed by atoms with Crippen LogP contribution in [0.1, 0.15) is 45.7 Å². The molecule has 1 aliphatic rings. The summed E-state index contributed by atoms with van der Waals surface area (Å²) >= 11 is 0. The molecule has 0 bridgehead atoms. The van der Waals surface area contributed by atoms with E-state index in [0.29, 0.717) is 37.9 Å². The van der Waals surface area contributed by atoms with Gasteiger partial charge in [0, 0.05) is 39.9 Å². The van der Waals surface area contributed by atoms with Gasteiger partial charge in [-0.1, -0.05) is 26.6 Å². The van der Waals surface area contributed by atoms with Crippen LogP contribution in [0.5, 0.6) is 0 Å². The number of halogens is 1. The molecular formula is C25H39FN4O3Si. The van der Waals surface area contributed by atoms with Crippen molar-refractivity contribution in [1.82, 2.24) is 19.4 Å². The highest BCUT2D eigenvalue weighted by atomic mass is 28.3. The van der Waals surface area contributed by atoms with Crippen LogP contribution in [-0.4, -0.2) is 58.9 Å². The van der Waals surface area contributed by atoms with E-state index in [1.54, 1.807) is 11.0 Å². The number of aromatic nitrogens is 3. The van der Waals surface area contributed by atoms with E-state index in [1.807, 2.05) is 31.5 Å². The SMILES string of the molecule is CC1CN(C(=O)OC(C)(C)C)CCC1c1cn(COCC[Si](C)(C)C)c(-c2ccc(F)cn2)n1. The van der Waals surface area contributed by atoms with Crippen molar-refractivity contribution in [2.45, 2.75) is 78.1 Å². The van der Waals surface area contributed by atoms with Crippen LogP contribution in [0.2, 0.25) is 25.7 Å². The first-order valence-corrected chi connectivity index (χ1v) is 15.8. The maximum absolute atomic E-state index is 13.5. The van der Waals surface area contributed by atoms with Crippen molar-refractivity contribution in [2.75, 3.05) is 19.7 Å². The number of amides is 1. The van der Waals surface area contributed by atoms with Crippen LogP contribution in [0, 0.1) is 11.7 Å². The number of carbonyl (C=O) groups excluding carboxylic acids is 1. The Bertz CT molecular complexity index is 966. The predicted molar refractivity (Wildman–Crippen MR) is 134 cm³/mol. The van der Waals surface area contributed by atoms with Crippen LogP contribution in [-0.2, 0) is 16.2 Å². The van der Waals surface area contributed by atoms with Gasteiger partial charge in [-0.05, 0) is 51.3 Å². The number of carbonyl (C=O) groups is 1.